The summed E-state index contributed by atoms with van der Waals surface area (Å²) in [5, 5.41) is 23.9. The van der Waals surface area contributed by atoms with Crippen LogP contribution in [0.25, 0.3) is 0 Å². The predicted octanol–water partition coefficient (Wildman–Crippen LogP) is 2.46. The lowest BCUT2D eigenvalue weighted by molar-refractivity contribution is -0.436. The summed E-state index contributed by atoms with van der Waals surface area (Å²) in [6, 6.07) is 6.39. The second-order valence-electron chi connectivity index (χ2n) is 11.9. The van der Waals surface area contributed by atoms with Crippen molar-refractivity contribution in [2.75, 3.05) is 13.7 Å². The number of ether oxygens (including phenoxy) is 3. The van der Waals surface area contributed by atoms with Gasteiger partial charge in [0.25, 0.3) is 0 Å². The molecule has 7 rings (SSSR count). The number of esters is 1. The summed E-state index contributed by atoms with van der Waals surface area (Å²) >= 11 is 0. The van der Waals surface area contributed by atoms with Gasteiger partial charge in [0.05, 0.1) is 24.7 Å². The van der Waals surface area contributed by atoms with Gasteiger partial charge in [-0.05, 0) is 60.4 Å². The number of hydrogen-bond acceptors (Lipinski definition) is 8. The van der Waals surface area contributed by atoms with Crippen LogP contribution >= 0.6 is 0 Å². The molecule has 4 bridgehead atoms. The van der Waals surface area contributed by atoms with Crippen molar-refractivity contribution in [2.45, 2.75) is 57.5 Å². The van der Waals surface area contributed by atoms with E-state index in [0.717, 1.165) is 0 Å². The summed E-state index contributed by atoms with van der Waals surface area (Å²) in [6.07, 6.45) is -0.766. The van der Waals surface area contributed by atoms with Crippen LogP contribution in [0.4, 0.5) is 0 Å². The SMILES string of the molecule is C=C1C(=O)[C@]23[C@H](OC(=O)c4ccc(OC)cc4)[C@H]1CC[C@H]2[C@@]12CO[C@]3(O)[C@@H](O)[C@@H]1C(C)(C)CCC2=O. The average molecular weight is 497 g/mol. The maximum Gasteiger partial charge on any atom is 0.338 e. The van der Waals surface area contributed by atoms with E-state index >= 15 is 0 Å². The van der Waals surface area contributed by atoms with Gasteiger partial charge in [0.15, 0.2) is 5.78 Å². The Morgan fingerprint density at radius 3 is 2.53 bits per heavy atom. The quantitative estimate of drug-likeness (QED) is 0.484. The van der Waals surface area contributed by atoms with E-state index in [1.165, 1.54) is 7.11 Å². The molecular weight excluding hydrogens is 464 g/mol. The molecule has 36 heavy (non-hydrogen) atoms. The van der Waals surface area contributed by atoms with Crippen molar-refractivity contribution in [1.82, 2.24) is 0 Å². The lowest BCUT2D eigenvalue weighted by Crippen LogP contribution is -2.85. The van der Waals surface area contributed by atoms with Gasteiger partial charge in [-0.1, -0.05) is 20.4 Å². The number of aliphatic hydroxyl groups excluding tert-OH is 1. The summed E-state index contributed by atoms with van der Waals surface area (Å²) in [7, 11) is 1.52. The predicted molar refractivity (Wildman–Crippen MR) is 126 cm³/mol. The Kier molecular flexibility index (Phi) is 4.81. The van der Waals surface area contributed by atoms with E-state index in [2.05, 4.69) is 6.58 Å². The minimum Gasteiger partial charge on any atom is -0.497 e. The highest BCUT2D eigenvalue weighted by atomic mass is 16.6. The average Bonchev–Trinajstić information content (AvgIpc) is 2.97. The Labute approximate surface area is 209 Å². The maximum atomic E-state index is 14.1. The Hall–Kier alpha value is -2.55. The second kappa shape index (κ2) is 7.27. The number of carbonyl (C=O) groups excluding carboxylic acids is 3. The van der Waals surface area contributed by atoms with Gasteiger partial charge in [0, 0.05) is 18.3 Å². The molecule has 192 valence electrons. The number of hydrogen-bond donors (Lipinski definition) is 2. The Morgan fingerprint density at radius 2 is 1.86 bits per heavy atom. The molecular formula is C28H32O8. The molecule has 0 radical (unpaired) electrons. The van der Waals surface area contributed by atoms with Crippen LogP contribution in [0.3, 0.4) is 0 Å². The van der Waals surface area contributed by atoms with Crippen molar-refractivity contribution < 1.29 is 38.8 Å². The number of benzene rings is 1. The number of ketones is 2. The van der Waals surface area contributed by atoms with Gasteiger partial charge < -0.3 is 24.4 Å². The zero-order valence-electron chi connectivity index (χ0n) is 20.8. The fraction of sp³-hybridized carbons (Fsp3) is 0.607. The third kappa shape index (κ3) is 2.48. The van der Waals surface area contributed by atoms with Crippen LogP contribution in [0.1, 0.15) is 49.9 Å². The van der Waals surface area contributed by atoms with Crippen molar-refractivity contribution >= 4 is 17.5 Å². The minimum atomic E-state index is -2.31. The molecule has 2 spiro atoms. The van der Waals surface area contributed by atoms with E-state index in [1.54, 1.807) is 24.3 Å². The molecule has 2 heterocycles. The summed E-state index contributed by atoms with van der Waals surface area (Å²) in [6.45, 7) is 7.94. The number of aliphatic hydroxyl groups is 2. The standard InChI is InChI=1S/C28H32O8/c1-14-17-9-10-18-26-13-35-28(33,22(31)20(26)25(2,3)12-11-19(26)29)27(18,21(14)30)23(17)36-24(32)15-5-7-16(34-4)8-6-15/h5-8,17-18,20,22-23,31,33H,1,9-13H2,2-4H3/t17-,18-,20+,22-,23+,26+,27-,28+/m0/s1. The molecule has 8 heteroatoms. The molecule has 2 saturated heterocycles. The van der Waals surface area contributed by atoms with E-state index in [4.69, 9.17) is 14.2 Å². The lowest BCUT2D eigenvalue weighted by Gasteiger charge is -2.72. The van der Waals surface area contributed by atoms with E-state index < -0.39 is 63.7 Å². The Morgan fingerprint density at radius 1 is 1.17 bits per heavy atom. The number of rotatable bonds is 3. The van der Waals surface area contributed by atoms with Crippen LogP contribution in [-0.4, -0.2) is 59.5 Å². The molecule has 1 aromatic rings. The minimum absolute atomic E-state index is 0.0546. The number of fused-ring (bicyclic) bond motifs is 2. The van der Waals surface area contributed by atoms with Gasteiger partial charge in [0.1, 0.15) is 29.2 Å². The highest BCUT2D eigenvalue weighted by Gasteiger charge is 2.88. The molecule has 1 aromatic carbocycles. The van der Waals surface area contributed by atoms with Crippen LogP contribution < -0.4 is 4.74 Å². The molecule has 6 fully saturated rings. The molecule has 0 aromatic heterocycles. The van der Waals surface area contributed by atoms with Gasteiger partial charge in [-0.3, -0.25) is 9.59 Å². The van der Waals surface area contributed by atoms with Crippen LogP contribution in [0.15, 0.2) is 36.4 Å². The topological polar surface area (TPSA) is 119 Å². The van der Waals surface area contributed by atoms with Gasteiger partial charge in [-0.25, -0.2) is 4.79 Å². The van der Waals surface area contributed by atoms with Crippen molar-refractivity contribution in [2.24, 2.45) is 34.0 Å². The van der Waals surface area contributed by atoms with Crippen LogP contribution in [0, 0.1) is 34.0 Å². The third-order valence-corrected chi connectivity index (χ3v) is 10.2. The van der Waals surface area contributed by atoms with Crippen molar-refractivity contribution in [3.63, 3.8) is 0 Å². The van der Waals surface area contributed by atoms with Gasteiger partial charge >= 0.3 is 5.97 Å². The zero-order chi connectivity index (χ0) is 25.8. The normalized spacial score (nSPS) is 44.1. The summed E-state index contributed by atoms with van der Waals surface area (Å²) in [4.78, 5) is 41.1. The van der Waals surface area contributed by atoms with Crippen molar-refractivity contribution in [3.8, 4) is 5.75 Å². The summed E-state index contributed by atoms with van der Waals surface area (Å²) in [5.41, 5.74) is -2.91. The zero-order valence-corrected chi connectivity index (χ0v) is 20.8. The van der Waals surface area contributed by atoms with Gasteiger partial charge in [-0.2, -0.15) is 0 Å². The number of carbonyl (C=O) groups is 3. The van der Waals surface area contributed by atoms with Crippen molar-refractivity contribution in [1.29, 1.82) is 0 Å². The highest BCUT2D eigenvalue weighted by molar-refractivity contribution is 6.06. The first kappa shape index (κ1) is 23.8. The molecule has 4 saturated carbocycles. The monoisotopic (exact) mass is 496 g/mol. The van der Waals surface area contributed by atoms with E-state index in [1.807, 2.05) is 13.8 Å². The van der Waals surface area contributed by atoms with Crippen molar-refractivity contribution in [3.05, 3.63) is 42.0 Å². The van der Waals surface area contributed by atoms with E-state index in [0.29, 0.717) is 31.4 Å². The highest BCUT2D eigenvalue weighted by Crippen LogP contribution is 2.76. The molecule has 2 aliphatic heterocycles. The van der Waals surface area contributed by atoms with Crippen LogP contribution in [-0.2, 0) is 19.1 Å². The lowest BCUT2D eigenvalue weighted by atomic mass is 9.36. The fourth-order valence-electron chi connectivity index (χ4n) is 8.68. The molecule has 6 aliphatic rings. The molecule has 0 unspecified atom stereocenters. The fourth-order valence-corrected chi connectivity index (χ4v) is 8.68. The van der Waals surface area contributed by atoms with E-state index in [9.17, 15) is 24.6 Å². The molecule has 8 nitrogen and oxygen atoms in total. The third-order valence-electron chi connectivity index (χ3n) is 10.2. The van der Waals surface area contributed by atoms with Gasteiger partial charge in [-0.15, -0.1) is 0 Å². The largest absolute Gasteiger partial charge is 0.497 e. The van der Waals surface area contributed by atoms with E-state index in [-0.39, 0.29) is 23.5 Å². The van der Waals surface area contributed by atoms with Gasteiger partial charge in [0.2, 0.25) is 5.79 Å². The number of methoxy groups -OCH3 is 1. The first-order chi connectivity index (χ1) is 17.0. The summed E-state index contributed by atoms with van der Waals surface area (Å²) in [5.74, 6) is -4.68. The maximum absolute atomic E-state index is 14.1. The summed E-state index contributed by atoms with van der Waals surface area (Å²) < 4.78 is 17.2. The second-order valence-corrected chi connectivity index (χ2v) is 11.9. The smallest absolute Gasteiger partial charge is 0.338 e. The molecule has 2 N–H and O–H groups in total. The molecule has 4 aliphatic carbocycles. The first-order valence-corrected chi connectivity index (χ1v) is 12.6. The molecule has 8 atom stereocenters. The molecule has 0 amide bonds. The first-order valence-electron chi connectivity index (χ1n) is 12.6. The number of Topliss-reactive ketones (excluding diaryl/α,β-unsaturated/α-hetero) is 2. The Balaban J connectivity index is 1.50. The van der Waals surface area contributed by atoms with Crippen LogP contribution in [0.2, 0.25) is 0 Å². The Bertz CT molecular complexity index is 1190. The van der Waals surface area contributed by atoms with Crippen LogP contribution in [0.5, 0.6) is 5.75 Å².